The van der Waals surface area contributed by atoms with Crippen LogP contribution in [-0.2, 0) is 17.5 Å². The summed E-state index contributed by atoms with van der Waals surface area (Å²) in [5, 5.41) is 6.83. The summed E-state index contributed by atoms with van der Waals surface area (Å²) in [5.74, 6) is -0.391. The number of carbonyl (C=O) groups excluding carboxylic acids is 1. The number of nitrogens with one attached hydrogen (secondary N) is 1. The molecule has 1 aromatic heterocycles. The van der Waals surface area contributed by atoms with Crippen molar-refractivity contribution in [3.63, 3.8) is 0 Å². The van der Waals surface area contributed by atoms with Gasteiger partial charge in [-0.1, -0.05) is 23.7 Å². The Balaban J connectivity index is 1.62. The SMILES string of the molecule is O=C(Cn1ccc(C(F)(F)F)n1)NCC(c1cccc(Cl)c1)N1CCCC1. The van der Waals surface area contributed by atoms with Gasteiger partial charge in [0.1, 0.15) is 6.54 Å². The largest absolute Gasteiger partial charge is 0.435 e. The number of hydrogen-bond acceptors (Lipinski definition) is 3. The van der Waals surface area contributed by atoms with Crippen molar-refractivity contribution in [2.75, 3.05) is 19.6 Å². The smallest absolute Gasteiger partial charge is 0.353 e. The minimum Gasteiger partial charge on any atom is -0.353 e. The Kier molecular flexibility index (Phi) is 6.06. The maximum atomic E-state index is 12.6. The monoisotopic (exact) mass is 400 g/mol. The maximum Gasteiger partial charge on any atom is 0.435 e. The van der Waals surface area contributed by atoms with Crippen LogP contribution in [0, 0.1) is 0 Å². The van der Waals surface area contributed by atoms with E-state index in [2.05, 4.69) is 15.3 Å². The van der Waals surface area contributed by atoms with Crippen LogP contribution >= 0.6 is 11.6 Å². The van der Waals surface area contributed by atoms with Gasteiger partial charge in [0.15, 0.2) is 5.69 Å². The van der Waals surface area contributed by atoms with E-state index in [9.17, 15) is 18.0 Å². The van der Waals surface area contributed by atoms with E-state index in [1.54, 1.807) is 6.07 Å². The third-order valence-corrected chi connectivity index (χ3v) is 4.78. The number of benzene rings is 1. The minimum atomic E-state index is -4.52. The van der Waals surface area contributed by atoms with E-state index in [4.69, 9.17) is 11.6 Å². The predicted octanol–water partition coefficient (Wildman–Crippen LogP) is 3.51. The summed E-state index contributed by atoms with van der Waals surface area (Å²) in [6.45, 7) is 1.95. The van der Waals surface area contributed by atoms with Crippen molar-refractivity contribution in [3.8, 4) is 0 Å². The highest BCUT2D eigenvalue weighted by molar-refractivity contribution is 6.30. The zero-order chi connectivity index (χ0) is 19.4. The van der Waals surface area contributed by atoms with E-state index >= 15 is 0 Å². The van der Waals surface area contributed by atoms with Gasteiger partial charge in [0, 0.05) is 17.8 Å². The van der Waals surface area contributed by atoms with Gasteiger partial charge < -0.3 is 5.32 Å². The fraction of sp³-hybridized carbons (Fsp3) is 0.444. The van der Waals surface area contributed by atoms with E-state index in [-0.39, 0.29) is 12.6 Å². The van der Waals surface area contributed by atoms with E-state index < -0.39 is 17.8 Å². The molecule has 1 fully saturated rings. The highest BCUT2D eigenvalue weighted by atomic mass is 35.5. The number of aromatic nitrogens is 2. The fourth-order valence-corrected chi connectivity index (χ4v) is 3.44. The predicted molar refractivity (Wildman–Crippen MR) is 95.2 cm³/mol. The Morgan fingerprint density at radius 2 is 2.00 bits per heavy atom. The van der Waals surface area contributed by atoms with Crippen LogP contribution < -0.4 is 5.32 Å². The van der Waals surface area contributed by atoms with Crippen molar-refractivity contribution in [1.82, 2.24) is 20.0 Å². The molecule has 1 atom stereocenters. The number of hydrogen-bond donors (Lipinski definition) is 1. The third kappa shape index (κ3) is 5.23. The minimum absolute atomic E-state index is 0.0292. The lowest BCUT2D eigenvalue weighted by molar-refractivity contribution is -0.141. The quantitative estimate of drug-likeness (QED) is 0.807. The molecule has 2 aromatic rings. The van der Waals surface area contributed by atoms with Crippen LogP contribution in [-0.4, -0.2) is 40.2 Å². The first-order chi connectivity index (χ1) is 12.8. The van der Waals surface area contributed by atoms with Crippen LogP contribution in [0.1, 0.15) is 30.1 Å². The maximum absolute atomic E-state index is 12.6. The average Bonchev–Trinajstić information content (AvgIpc) is 3.26. The van der Waals surface area contributed by atoms with Gasteiger partial charge >= 0.3 is 6.18 Å². The highest BCUT2D eigenvalue weighted by Gasteiger charge is 2.33. The van der Waals surface area contributed by atoms with Crippen LogP contribution in [0.3, 0.4) is 0 Å². The summed E-state index contributed by atoms with van der Waals surface area (Å²) in [6.07, 6.45) is -1.18. The molecule has 3 rings (SSSR count). The van der Waals surface area contributed by atoms with Crippen molar-refractivity contribution in [1.29, 1.82) is 0 Å². The average molecular weight is 401 g/mol. The second-order valence-electron chi connectivity index (χ2n) is 6.51. The number of likely N-dealkylation sites (tertiary alicyclic amines) is 1. The number of rotatable bonds is 6. The zero-order valence-electron chi connectivity index (χ0n) is 14.5. The van der Waals surface area contributed by atoms with E-state index in [0.29, 0.717) is 11.6 Å². The Labute approximate surface area is 160 Å². The van der Waals surface area contributed by atoms with Crippen LogP contribution in [0.25, 0.3) is 0 Å². The molecule has 1 amide bonds. The summed E-state index contributed by atoms with van der Waals surface area (Å²) < 4.78 is 38.8. The molecule has 0 radical (unpaired) electrons. The Bertz CT molecular complexity index is 787. The second kappa shape index (κ2) is 8.31. The topological polar surface area (TPSA) is 50.2 Å². The summed E-state index contributed by atoms with van der Waals surface area (Å²) in [6, 6.07) is 8.32. The van der Waals surface area contributed by atoms with Crippen LogP contribution in [0.5, 0.6) is 0 Å². The molecule has 2 heterocycles. The lowest BCUT2D eigenvalue weighted by Gasteiger charge is -2.28. The summed E-state index contributed by atoms with van der Waals surface area (Å²) in [7, 11) is 0. The second-order valence-corrected chi connectivity index (χ2v) is 6.95. The van der Waals surface area contributed by atoms with Gasteiger partial charge in [-0.3, -0.25) is 14.4 Å². The van der Waals surface area contributed by atoms with Gasteiger partial charge in [-0.15, -0.1) is 0 Å². The molecule has 1 saturated heterocycles. The van der Waals surface area contributed by atoms with Gasteiger partial charge in [0.25, 0.3) is 0 Å². The first kappa shape index (κ1) is 19.7. The number of amides is 1. The molecule has 0 aliphatic carbocycles. The van der Waals surface area contributed by atoms with Gasteiger partial charge in [0.2, 0.25) is 5.91 Å². The third-order valence-electron chi connectivity index (χ3n) is 4.54. The molecular weight excluding hydrogens is 381 g/mol. The molecule has 1 N–H and O–H groups in total. The first-order valence-corrected chi connectivity index (χ1v) is 9.07. The molecule has 1 aromatic carbocycles. The normalized spacial score (nSPS) is 16.4. The molecule has 0 saturated carbocycles. The molecule has 0 spiro atoms. The number of alkyl halides is 3. The molecule has 1 aliphatic heterocycles. The van der Waals surface area contributed by atoms with Crippen molar-refractivity contribution >= 4 is 17.5 Å². The highest BCUT2D eigenvalue weighted by Crippen LogP contribution is 2.28. The van der Waals surface area contributed by atoms with Gasteiger partial charge in [-0.2, -0.15) is 18.3 Å². The number of halogens is 4. The van der Waals surface area contributed by atoms with Crippen molar-refractivity contribution in [3.05, 3.63) is 52.8 Å². The summed E-state index contributed by atoms with van der Waals surface area (Å²) in [4.78, 5) is 14.5. The lowest BCUT2D eigenvalue weighted by Crippen LogP contribution is -2.38. The van der Waals surface area contributed by atoms with E-state index in [1.165, 1.54) is 0 Å². The molecule has 9 heteroatoms. The molecular formula is C18H20ClF3N4O. The summed E-state index contributed by atoms with van der Waals surface area (Å²) >= 11 is 6.10. The van der Waals surface area contributed by atoms with Crippen molar-refractivity contribution in [2.45, 2.75) is 31.6 Å². The van der Waals surface area contributed by atoms with Gasteiger partial charge in [0.05, 0.1) is 6.04 Å². The molecule has 146 valence electrons. The molecule has 5 nitrogen and oxygen atoms in total. The molecule has 0 bridgehead atoms. The standard InChI is InChI=1S/C18H20ClF3N4O/c19-14-5-3-4-13(10-14)15(25-7-1-2-8-25)11-23-17(27)12-26-9-6-16(24-26)18(20,21)22/h3-6,9-10,15H,1-2,7-8,11-12H2,(H,23,27). The van der Waals surface area contributed by atoms with Crippen LogP contribution in [0.15, 0.2) is 36.5 Å². The Hall–Kier alpha value is -2.06. The molecule has 1 unspecified atom stereocenters. The molecule has 27 heavy (non-hydrogen) atoms. The Morgan fingerprint density at radius 3 is 2.63 bits per heavy atom. The Morgan fingerprint density at radius 1 is 1.26 bits per heavy atom. The van der Waals surface area contributed by atoms with Crippen molar-refractivity contribution < 1.29 is 18.0 Å². The zero-order valence-corrected chi connectivity index (χ0v) is 15.3. The van der Waals surface area contributed by atoms with Gasteiger partial charge in [-0.25, -0.2) is 0 Å². The summed E-state index contributed by atoms with van der Waals surface area (Å²) in [5.41, 5.74) is -0.00711. The first-order valence-electron chi connectivity index (χ1n) is 8.70. The lowest BCUT2D eigenvalue weighted by atomic mass is 10.1. The number of nitrogens with zero attached hydrogens (tertiary/aromatic N) is 3. The van der Waals surface area contributed by atoms with E-state index in [1.807, 2.05) is 18.2 Å². The van der Waals surface area contributed by atoms with Crippen LogP contribution in [0.4, 0.5) is 13.2 Å². The number of carbonyl (C=O) groups is 1. The fourth-order valence-electron chi connectivity index (χ4n) is 3.24. The van der Waals surface area contributed by atoms with E-state index in [0.717, 1.165) is 48.4 Å². The van der Waals surface area contributed by atoms with Crippen LogP contribution in [0.2, 0.25) is 5.02 Å². The molecule has 1 aliphatic rings. The van der Waals surface area contributed by atoms with Gasteiger partial charge in [-0.05, 0) is 49.7 Å². The van der Waals surface area contributed by atoms with Crippen molar-refractivity contribution in [2.24, 2.45) is 0 Å².